The number of esters is 1. The van der Waals surface area contributed by atoms with E-state index < -0.39 is 17.6 Å². The Labute approximate surface area is 176 Å². The molecule has 1 saturated heterocycles. The number of fused-ring (bicyclic) bond motifs is 1. The average Bonchev–Trinajstić information content (AvgIpc) is 3.33. The Balaban J connectivity index is 1.27. The summed E-state index contributed by atoms with van der Waals surface area (Å²) in [6.45, 7) is 10.3. The maximum absolute atomic E-state index is 14.4. The first-order chi connectivity index (χ1) is 14.0. The summed E-state index contributed by atoms with van der Waals surface area (Å²) in [4.78, 5) is 12.4. The molecular formula is C23H28BFO5. The van der Waals surface area contributed by atoms with E-state index in [0.717, 1.165) is 18.4 Å². The summed E-state index contributed by atoms with van der Waals surface area (Å²) in [6.07, 6.45) is 3.30. The molecule has 5 nitrogen and oxygen atoms in total. The average molecular weight is 414 g/mol. The zero-order chi connectivity index (χ0) is 21.2. The molecule has 2 bridgehead atoms. The number of benzene rings is 1. The molecule has 4 aliphatic carbocycles. The van der Waals surface area contributed by atoms with Crippen molar-refractivity contribution >= 4 is 13.1 Å². The normalized spacial score (nSPS) is 41.9. The van der Waals surface area contributed by atoms with Crippen LogP contribution in [0.5, 0.6) is 5.75 Å². The van der Waals surface area contributed by atoms with Crippen molar-refractivity contribution < 1.29 is 28.0 Å². The Morgan fingerprint density at radius 3 is 2.57 bits per heavy atom. The number of carbonyl (C=O) groups excluding carboxylic acids is 1. The molecule has 1 aromatic rings. The van der Waals surface area contributed by atoms with E-state index in [0.29, 0.717) is 23.0 Å². The summed E-state index contributed by atoms with van der Waals surface area (Å²) in [7, 11) is -0.260. The van der Waals surface area contributed by atoms with Gasteiger partial charge >= 0.3 is 13.1 Å². The van der Waals surface area contributed by atoms with Gasteiger partial charge in [-0.05, 0) is 61.0 Å². The van der Waals surface area contributed by atoms with Gasteiger partial charge in [-0.15, -0.1) is 0 Å². The van der Waals surface area contributed by atoms with Gasteiger partial charge < -0.3 is 18.8 Å². The van der Waals surface area contributed by atoms with Gasteiger partial charge in [-0.1, -0.05) is 19.9 Å². The molecule has 0 N–H and O–H groups in total. The lowest BCUT2D eigenvalue weighted by atomic mass is 9.43. The van der Waals surface area contributed by atoms with Crippen molar-refractivity contribution in [1.29, 1.82) is 0 Å². The van der Waals surface area contributed by atoms with Gasteiger partial charge in [0.1, 0.15) is 17.1 Å². The van der Waals surface area contributed by atoms with Crippen LogP contribution >= 0.6 is 0 Å². The quantitative estimate of drug-likeness (QED) is 0.519. The molecule has 6 aliphatic rings. The summed E-state index contributed by atoms with van der Waals surface area (Å²) in [5, 5.41) is 0. The second-order valence-corrected chi connectivity index (χ2v) is 11.1. The van der Waals surface area contributed by atoms with Crippen LogP contribution in [-0.2, 0) is 14.0 Å². The molecule has 2 aliphatic heterocycles. The minimum Gasteiger partial charge on any atom is -0.451 e. The predicted molar refractivity (Wildman–Crippen MR) is 108 cm³/mol. The standard InChI is InChI=1S/C23H28BFO5/c1-21(2)11-8-16(21)23(5)17(9-11)29-24(30-23)14-10-13(14)12-6-7-15(25)18-19(12)27-22(3,4)28-20(18)26/h6-7,11,13-14,16-17H,8-10H2,1-5H3/t11?,13?,14?,16?,17?,23-/m0/s1. The minimum atomic E-state index is -1.12. The van der Waals surface area contributed by atoms with Gasteiger partial charge in [-0.25, -0.2) is 9.18 Å². The Bertz CT molecular complexity index is 961. The van der Waals surface area contributed by atoms with Crippen molar-refractivity contribution in [3.8, 4) is 5.75 Å². The molecule has 7 rings (SSSR count). The minimum absolute atomic E-state index is 0.103. The molecule has 0 aromatic heterocycles. The molecule has 160 valence electrons. The second kappa shape index (κ2) is 5.60. The zero-order valence-corrected chi connectivity index (χ0v) is 18.2. The van der Waals surface area contributed by atoms with Crippen LogP contribution in [-0.4, -0.2) is 30.6 Å². The Hall–Kier alpha value is -1.60. The summed E-state index contributed by atoms with van der Waals surface area (Å²) in [5.41, 5.74) is 0.815. The van der Waals surface area contributed by atoms with Gasteiger partial charge in [0.05, 0.1) is 11.7 Å². The Morgan fingerprint density at radius 1 is 1.07 bits per heavy atom. The van der Waals surface area contributed by atoms with Crippen LogP contribution in [0.2, 0.25) is 5.82 Å². The lowest BCUT2D eigenvalue weighted by molar-refractivity contribution is -0.199. The van der Waals surface area contributed by atoms with Crippen LogP contribution in [0.3, 0.4) is 0 Å². The molecule has 6 atom stereocenters. The van der Waals surface area contributed by atoms with Crippen molar-refractivity contribution in [3.05, 3.63) is 29.1 Å². The van der Waals surface area contributed by atoms with Crippen LogP contribution in [0.15, 0.2) is 12.1 Å². The highest BCUT2D eigenvalue weighted by Gasteiger charge is 2.70. The van der Waals surface area contributed by atoms with E-state index in [9.17, 15) is 9.18 Å². The first-order valence-electron chi connectivity index (χ1n) is 11.1. The highest BCUT2D eigenvalue weighted by Crippen LogP contribution is 2.68. The van der Waals surface area contributed by atoms with Crippen molar-refractivity contribution in [1.82, 2.24) is 0 Å². The monoisotopic (exact) mass is 414 g/mol. The predicted octanol–water partition coefficient (Wildman–Crippen LogP) is 4.70. The van der Waals surface area contributed by atoms with Crippen molar-refractivity contribution in [2.75, 3.05) is 0 Å². The highest BCUT2D eigenvalue weighted by atomic mass is 19.1. The van der Waals surface area contributed by atoms with Gasteiger partial charge in [0.2, 0.25) is 5.79 Å². The van der Waals surface area contributed by atoms with Crippen LogP contribution < -0.4 is 4.74 Å². The van der Waals surface area contributed by atoms with E-state index in [4.69, 9.17) is 18.8 Å². The molecule has 5 unspecified atom stereocenters. The van der Waals surface area contributed by atoms with E-state index in [1.807, 2.05) is 0 Å². The lowest BCUT2D eigenvalue weighted by Gasteiger charge is -2.64. The summed E-state index contributed by atoms with van der Waals surface area (Å²) in [5.74, 6) is -0.547. The summed E-state index contributed by atoms with van der Waals surface area (Å²) < 4.78 is 38.6. The molecule has 0 spiro atoms. The third-order valence-corrected chi connectivity index (χ3v) is 8.59. The van der Waals surface area contributed by atoms with Gasteiger partial charge in [-0.3, -0.25) is 0 Å². The van der Waals surface area contributed by atoms with Gasteiger partial charge in [-0.2, -0.15) is 0 Å². The molecule has 1 aromatic carbocycles. The summed E-state index contributed by atoms with van der Waals surface area (Å²) >= 11 is 0. The zero-order valence-electron chi connectivity index (χ0n) is 18.2. The molecular weight excluding hydrogens is 386 g/mol. The maximum atomic E-state index is 14.4. The maximum Gasteiger partial charge on any atom is 0.461 e. The number of cyclic esters (lactones) is 1. The smallest absolute Gasteiger partial charge is 0.451 e. The second-order valence-electron chi connectivity index (χ2n) is 11.1. The van der Waals surface area contributed by atoms with Crippen LogP contribution in [0, 0.1) is 23.1 Å². The molecule has 0 radical (unpaired) electrons. The molecule has 2 heterocycles. The third-order valence-electron chi connectivity index (χ3n) is 8.59. The SMILES string of the molecule is CC1(C)OC(=O)c2c(F)ccc(C3CC3B3OC4CC5CC(C5(C)C)[C@]4(C)O3)c2O1. The first-order valence-corrected chi connectivity index (χ1v) is 11.1. The fourth-order valence-electron chi connectivity index (χ4n) is 6.66. The van der Waals surface area contributed by atoms with E-state index in [1.165, 1.54) is 12.5 Å². The van der Waals surface area contributed by atoms with Gasteiger partial charge in [0.15, 0.2) is 0 Å². The highest BCUT2D eigenvalue weighted by molar-refractivity contribution is 6.49. The van der Waals surface area contributed by atoms with Crippen molar-refractivity contribution in [2.45, 2.75) is 83.1 Å². The van der Waals surface area contributed by atoms with Gasteiger partial charge in [0.25, 0.3) is 0 Å². The molecule has 5 fully saturated rings. The van der Waals surface area contributed by atoms with E-state index in [1.54, 1.807) is 19.9 Å². The van der Waals surface area contributed by atoms with Crippen LogP contribution in [0.1, 0.15) is 75.7 Å². The topological polar surface area (TPSA) is 54.0 Å². The van der Waals surface area contributed by atoms with E-state index in [2.05, 4.69) is 20.8 Å². The third kappa shape index (κ3) is 2.39. The first kappa shape index (κ1) is 19.1. The number of carbonyl (C=O) groups is 1. The number of rotatable bonds is 2. The largest absolute Gasteiger partial charge is 0.461 e. The fraction of sp³-hybridized carbons (Fsp3) is 0.696. The van der Waals surface area contributed by atoms with E-state index in [-0.39, 0.29) is 36.1 Å². The van der Waals surface area contributed by atoms with Crippen molar-refractivity contribution in [3.63, 3.8) is 0 Å². The van der Waals surface area contributed by atoms with Crippen LogP contribution in [0.25, 0.3) is 0 Å². The number of halogens is 1. The van der Waals surface area contributed by atoms with Crippen molar-refractivity contribution in [2.24, 2.45) is 17.3 Å². The number of ether oxygens (including phenoxy) is 2. The Morgan fingerprint density at radius 2 is 1.83 bits per heavy atom. The molecule has 4 saturated carbocycles. The number of hydrogen-bond acceptors (Lipinski definition) is 5. The Kier molecular flexibility index (Phi) is 3.57. The number of hydrogen-bond donors (Lipinski definition) is 0. The lowest BCUT2D eigenvalue weighted by Crippen LogP contribution is -2.65. The fourth-order valence-corrected chi connectivity index (χ4v) is 6.66. The molecule has 0 amide bonds. The van der Waals surface area contributed by atoms with Gasteiger partial charge in [0, 0.05) is 19.7 Å². The molecule has 30 heavy (non-hydrogen) atoms. The molecule has 7 heteroatoms. The van der Waals surface area contributed by atoms with Crippen LogP contribution in [0.4, 0.5) is 4.39 Å². The van der Waals surface area contributed by atoms with E-state index >= 15 is 0 Å². The summed E-state index contributed by atoms with van der Waals surface area (Å²) in [6, 6.07) is 3.07.